The van der Waals surface area contributed by atoms with Crippen LogP contribution in [0.4, 0.5) is 29.0 Å². The van der Waals surface area contributed by atoms with Gasteiger partial charge in [-0.25, -0.2) is 4.98 Å². The van der Waals surface area contributed by atoms with Crippen molar-refractivity contribution in [3.63, 3.8) is 0 Å². The Balaban J connectivity index is 1.44. The van der Waals surface area contributed by atoms with Gasteiger partial charge in [0.15, 0.2) is 0 Å². The molecule has 4 heterocycles. The predicted octanol–water partition coefficient (Wildman–Crippen LogP) is 6.02. The highest BCUT2D eigenvalue weighted by Crippen LogP contribution is 2.41. The van der Waals surface area contributed by atoms with E-state index in [0.717, 1.165) is 59.9 Å². The molecule has 1 aliphatic heterocycles. The number of rotatable bonds is 9. The number of nitrogens with one attached hydrogen (secondary N) is 2. The van der Waals surface area contributed by atoms with E-state index in [1.807, 2.05) is 24.3 Å². The largest absolute Gasteiger partial charge is 0.479 e. The maximum absolute atomic E-state index is 13.4. The molecule has 0 amide bonds. The van der Waals surface area contributed by atoms with Gasteiger partial charge in [0.1, 0.15) is 24.5 Å². The van der Waals surface area contributed by atoms with E-state index in [9.17, 15) is 4.57 Å². The molecule has 5 rings (SSSR count). The maximum atomic E-state index is 13.4. The van der Waals surface area contributed by atoms with Gasteiger partial charge < -0.3 is 29.7 Å². The fraction of sp³-hybridized carbons (Fsp3) is 0.400. The molecular weight excluding hydrogens is 615 g/mol. The zero-order chi connectivity index (χ0) is 30.0. The van der Waals surface area contributed by atoms with Crippen LogP contribution in [0.1, 0.15) is 25.3 Å². The minimum Gasteiger partial charge on any atom is -0.479 e. The molecule has 2 N–H and O–H groups in total. The minimum absolute atomic E-state index is 0.369. The number of ether oxygens (including phenoxy) is 1. The van der Waals surface area contributed by atoms with Crippen LogP contribution in [0.3, 0.4) is 0 Å². The third kappa shape index (κ3) is 6.38. The van der Waals surface area contributed by atoms with Gasteiger partial charge in [-0.2, -0.15) is 9.97 Å². The number of fused-ring (bicyclic) bond motifs is 1. The molecular formula is C30H38BrN8O2P. The molecule has 0 unspecified atom stereocenters. The average Bonchev–Trinajstić information content (AvgIpc) is 2.97. The fourth-order valence-electron chi connectivity index (χ4n) is 5.46. The van der Waals surface area contributed by atoms with Crippen LogP contribution >= 0.6 is 23.1 Å². The summed E-state index contributed by atoms with van der Waals surface area (Å²) < 4.78 is 19.8. The first-order valence-corrected chi connectivity index (χ1v) is 17.5. The highest BCUT2D eigenvalue weighted by atomic mass is 79.9. The van der Waals surface area contributed by atoms with Crippen molar-refractivity contribution in [1.29, 1.82) is 0 Å². The third-order valence-corrected chi connectivity index (χ3v) is 9.78. The molecule has 1 aliphatic rings. The van der Waals surface area contributed by atoms with Gasteiger partial charge in [-0.05, 0) is 80.3 Å². The van der Waals surface area contributed by atoms with Crippen LogP contribution in [-0.2, 0) is 11.0 Å². The van der Waals surface area contributed by atoms with E-state index in [4.69, 9.17) is 14.7 Å². The van der Waals surface area contributed by atoms with Crippen molar-refractivity contribution < 1.29 is 9.30 Å². The summed E-state index contributed by atoms with van der Waals surface area (Å²) in [5.41, 5.74) is 3.25. The first-order chi connectivity index (χ1) is 20.1. The highest BCUT2D eigenvalue weighted by molar-refractivity contribution is 9.10. The number of hydrogen-bond acceptors (Lipinski definition) is 10. The van der Waals surface area contributed by atoms with Crippen LogP contribution in [0.25, 0.3) is 10.9 Å². The summed E-state index contributed by atoms with van der Waals surface area (Å²) in [6.07, 6.45) is 6.41. The second-order valence-corrected chi connectivity index (χ2v) is 15.1. The normalized spacial score (nSPS) is 14.4. The number of para-hydroxylation sites is 1. The lowest BCUT2D eigenvalue weighted by Gasteiger charge is -2.36. The SMILES string of the molecule is CCc1cc(Nc2ncc(Br)c(Nc3cnc4ccccc4c3P(C)(C)=O)n2)c(OC)nc1N1CCC(N(C)C)CC1. The van der Waals surface area contributed by atoms with Crippen LogP contribution in [0.2, 0.25) is 0 Å². The molecule has 3 aromatic heterocycles. The Hall–Kier alpha value is -3.27. The fourth-order valence-corrected chi connectivity index (χ4v) is 7.22. The van der Waals surface area contributed by atoms with Gasteiger partial charge in [-0.1, -0.05) is 25.1 Å². The number of aromatic nitrogens is 4. The number of methoxy groups -OCH3 is 1. The van der Waals surface area contributed by atoms with E-state index in [2.05, 4.69) is 73.4 Å². The van der Waals surface area contributed by atoms with E-state index in [1.54, 1.807) is 32.8 Å². The average molecular weight is 654 g/mol. The number of halogens is 1. The summed E-state index contributed by atoms with van der Waals surface area (Å²) in [7, 11) is 3.24. The third-order valence-electron chi connectivity index (χ3n) is 7.64. The maximum Gasteiger partial charge on any atom is 0.239 e. The molecule has 1 aromatic carbocycles. The standard InChI is InChI=1S/C30H38BrN8O2P/c1-7-19-16-24(29(41-4)37-28(19)39-14-12-20(13-15-39)38(2)3)35-30-33-17-22(31)27(36-30)34-25-18-32-23-11-9-8-10-21(23)26(25)42(5,6)40/h8-11,16-18,20H,7,12-15H2,1-6H3,(H2,33,34,35,36). The monoisotopic (exact) mass is 652 g/mol. The van der Waals surface area contributed by atoms with Crippen molar-refractivity contribution in [2.75, 3.05) is 63.2 Å². The smallest absolute Gasteiger partial charge is 0.239 e. The molecule has 10 nitrogen and oxygen atoms in total. The van der Waals surface area contributed by atoms with Crippen LogP contribution < -0.4 is 25.6 Å². The molecule has 4 aromatic rings. The Morgan fingerprint density at radius 3 is 2.48 bits per heavy atom. The van der Waals surface area contributed by atoms with Crippen LogP contribution in [0, 0.1) is 0 Å². The van der Waals surface area contributed by atoms with Gasteiger partial charge in [0.2, 0.25) is 11.8 Å². The van der Waals surface area contributed by atoms with Crippen LogP contribution in [-0.4, -0.2) is 78.5 Å². The number of pyridine rings is 2. The quantitative estimate of drug-likeness (QED) is 0.208. The summed E-state index contributed by atoms with van der Waals surface area (Å²) >= 11 is 3.57. The number of nitrogens with zero attached hydrogens (tertiary/aromatic N) is 6. The highest BCUT2D eigenvalue weighted by Gasteiger charge is 2.25. The van der Waals surface area contributed by atoms with Crippen molar-refractivity contribution in [2.24, 2.45) is 0 Å². The van der Waals surface area contributed by atoms with Gasteiger partial charge >= 0.3 is 0 Å². The van der Waals surface area contributed by atoms with Gasteiger partial charge in [-0.3, -0.25) is 4.98 Å². The van der Waals surface area contributed by atoms with E-state index in [-0.39, 0.29) is 0 Å². The zero-order valence-electron chi connectivity index (χ0n) is 25.0. The Morgan fingerprint density at radius 1 is 1.07 bits per heavy atom. The number of hydrogen-bond donors (Lipinski definition) is 2. The number of piperidine rings is 1. The lowest BCUT2D eigenvalue weighted by molar-refractivity contribution is 0.249. The summed E-state index contributed by atoms with van der Waals surface area (Å²) in [6, 6.07) is 10.4. The Bertz CT molecular complexity index is 1640. The second kappa shape index (κ2) is 12.5. The van der Waals surface area contributed by atoms with Crippen LogP contribution in [0.5, 0.6) is 5.88 Å². The molecule has 12 heteroatoms. The molecule has 0 radical (unpaired) electrons. The van der Waals surface area contributed by atoms with E-state index in [0.29, 0.717) is 39.5 Å². The molecule has 1 fully saturated rings. The number of anilines is 5. The van der Waals surface area contributed by atoms with Gasteiger partial charge in [0.25, 0.3) is 0 Å². The van der Waals surface area contributed by atoms with Crippen molar-refractivity contribution >= 4 is 68.2 Å². The molecule has 0 aliphatic carbocycles. The lowest BCUT2D eigenvalue weighted by Crippen LogP contribution is -2.42. The molecule has 222 valence electrons. The first-order valence-electron chi connectivity index (χ1n) is 14.1. The Kier molecular flexibility index (Phi) is 9.01. The first kappa shape index (κ1) is 30.2. The van der Waals surface area contributed by atoms with E-state index < -0.39 is 7.14 Å². The molecule has 0 saturated carbocycles. The minimum atomic E-state index is -2.67. The van der Waals surface area contributed by atoms with Gasteiger partial charge in [-0.15, -0.1) is 0 Å². The van der Waals surface area contributed by atoms with Crippen molar-refractivity contribution in [1.82, 2.24) is 24.8 Å². The van der Waals surface area contributed by atoms with Crippen molar-refractivity contribution in [3.8, 4) is 5.88 Å². The summed E-state index contributed by atoms with van der Waals surface area (Å²) in [5.74, 6) is 2.34. The molecule has 42 heavy (non-hydrogen) atoms. The number of aryl methyl sites for hydroxylation is 1. The van der Waals surface area contributed by atoms with Crippen molar-refractivity contribution in [3.05, 3.63) is 52.8 Å². The summed E-state index contributed by atoms with van der Waals surface area (Å²) in [5, 5.41) is 8.25. The van der Waals surface area contributed by atoms with Crippen LogP contribution in [0.15, 0.2) is 47.2 Å². The zero-order valence-corrected chi connectivity index (χ0v) is 27.5. The topological polar surface area (TPSA) is 108 Å². The molecule has 0 bridgehead atoms. The van der Waals surface area contributed by atoms with Gasteiger partial charge in [0.05, 0.1) is 29.0 Å². The lowest BCUT2D eigenvalue weighted by atomic mass is 10.0. The van der Waals surface area contributed by atoms with E-state index in [1.165, 1.54) is 0 Å². The molecule has 0 spiro atoms. The summed E-state index contributed by atoms with van der Waals surface area (Å²) in [4.78, 5) is 23.4. The second-order valence-electron chi connectivity index (χ2n) is 11.1. The Morgan fingerprint density at radius 2 is 1.81 bits per heavy atom. The Labute approximate surface area is 255 Å². The predicted molar refractivity (Wildman–Crippen MR) is 176 cm³/mol. The van der Waals surface area contributed by atoms with Gasteiger partial charge in [0, 0.05) is 36.0 Å². The molecule has 0 atom stereocenters. The number of benzene rings is 1. The van der Waals surface area contributed by atoms with Crippen molar-refractivity contribution in [2.45, 2.75) is 32.2 Å². The van der Waals surface area contributed by atoms with E-state index >= 15 is 0 Å². The summed E-state index contributed by atoms with van der Waals surface area (Å²) in [6.45, 7) is 7.58. The molecule has 1 saturated heterocycles.